The average molecular weight is 272 g/mol. The third-order valence-electron chi connectivity index (χ3n) is 3.08. The van der Waals surface area contributed by atoms with Crippen LogP contribution in [-0.2, 0) is 0 Å². The van der Waals surface area contributed by atoms with Crippen molar-refractivity contribution < 1.29 is 9.18 Å². The topological polar surface area (TPSA) is 55.1 Å². The number of amides is 1. The number of nitrogen functional groups attached to an aromatic ring is 1. The van der Waals surface area contributed by atoms with E-state index < -0.39 is 5.82 Å². The number of rotatable bonds is 3. The Morgan fingerprint density at radius 3 is 2.35 bits per heavy atom. The summed E-state index contributed by atoms with van der Waals surface area (Å²) < 4.78 is 13.6. The van der Waals surface area contributed by atoms with Gasteiger partial charge in [0.1, 0.15) is 5.82 Å². The van der Waals surface area contributed by atoms with E-state index >= 15 is 0 Å². The van der Waals surface area contributed by atoms with Gasteiger partial charge in [-0.1, -0.05) is 26.0 Å². The van der Waals surface area contributed by atoms with Gasteiger partial charge < -0.3 is 11.1 Å². The smallest absolute Gasteiger partial charge is 0.255 e. The van der Waals surface area contributed by atoms with Crippen molar-refractivity contribution in [1.82, 2.24) is 0 Å². The summed E-state index contributed by atoms with van der Waals surface area (Å²) in [5.41, 5.74) is 7.55. The highest BCUT2D eigenvalue weighted by atomic mass is 19.1. The molecule has 0 fully saturated rings. The average Bonchev–Trinajstić information content (AvgIpc) is 2.42. The Morgan fingerprint density at radius 1 is 1.15 bits per heavy atom. The second-order valence-electron chi connectivity index (χ2n) is 4.97. The predicted molar refractivity (Wildman–Crippen MR) is 79.3 cm³/mol. The molecule has 2 rings (SSSR count). The van der Waals surface area contributed by atoms with Crippen molar-refractivity contribution in [3.05, 3.63) is 59.4 Å². The van der Waals surface area contributed by atoms with Crippen LogP contribution in [0.1, 0.15) is 35.7 Å². The standard InChI is InChI=1S/C16H17FN2O/c1-10(2)11-3-5-12(6-4-11)16(20)19-15-8-7-13(18)9-14(15)17/h3-10H,18H2,1-2H3,(H,19,20). The first kappa shape index (κ1) is 14.1. The first-order valence-corrected chi connectivity index (χ1v) is 6.43. The molecule has 0 saturated carbocycles. The van der Waals surface area contributed by atoms with Gasteiger partial charge in [-0.15, -0.1) is 0 Å². The van der Waals surface area contributed by atoms with Crippen molar-refractivity contribution >= 4 is 17.3 Å². The molecule has 104 valence electrons. The van der Waals surface area contributed by atoms with Gasteiger partial charge in [0.05, 0.1) is 5.69 Å². The Hall–Kier alpha value is -2.36. The van der Waals surface area contributed by atoms with E-state index in [0.29, 0.717) is 17.2 Å². The molecule has 0 aliphatic carbocycles. The summed E-state index contributed by atoms with van der Waals surface area (Å²) in [7, 11) is 0. The van der Waals surface area contributed by atoms with Crippen molar-refractivity contribution in [2.24, 2.45) is 0 Å². The fourth-order valence-electron chi connectivity index (χ4n) is 1.85. The van der Waals surface area contributed by atoms with Crippen LogP contribution in [0.5, 0.6) is 0 Å². The van der Waals surface area contributed by atoms with E-state index in [0.717, 1.165) is 5.56 Å². The summed E-state index contributed by atoms with van der Waals surface area (Å²) in [5.74, 6) is -0.484. The summed E-state index contributed by atoms with van der Waals surface area (Å²) in [6.07, 6.45) is 0. The molecule has 3 nitrogen and oxygen atoms in total. The van der Waals surface area contributed by atoms with E-state index in [4.69, 9.17) is 5.73 Å². The molecule has 0 heterocycles. The van der Waals surface area contributed by atoms with Crippen molar-refractivity contribution in [3.63, 3.8) is 0 Å². The number of benzene rings is 2. The predicted octanol–water partition coefficient (Wildman–Crippen LogP) is 3.78. The number of anilines is 2. The highest BCUT2D eigenvalue weighted by Crippen LogP contribution is 2.19. The van der Waals surface area contributed by atoms with Gasteiger partial charge in [0, 0.05) is 11.3 Å². The molecule has 2 aromatic carbocycles. The van der Waals surface area contributed by atoms with Gasteiger partial charge in [0.25, 0.3) is 5.91 Å². The van der Waals surface area contributed by atoms with Gasteiger partial charge in [-0.05, 0) is 41.8 Å². The summed E-state index contributed by atoms with van der Waals surface area (Å²) in [6, 6.07) is 11.4. The molecular weight excluding hydrogens is 255 g/mol. The Balaban J connectivity index is 2.15. The molecule has 3 N–H and O–H groups in total. The molecular formula is C16H17FN2O. The van der Waals surface area contributed by atoms with Crippen molar-refractivity contribution in [2.75, 3.05) is 11.1 Å². The Labute approximate surface area is 117 Å². The van der Waals surface area contributed by atoms with Crippen LogP contribution in [0, 0.1) is 5.82 Å². The molecule has 0 unspecified atom stereocenters. The lowest BCUT2D eigenvalue weighted by Crippen LogP contribution is -2.13. The lowest BCUT2D eigenvalue weighted by molar-refractivity contribution is 0.102. The summed E-state index contributed by atoms with van der Waals surface area (Å²) >= 11 is 0. The van der Waals surface area contributed by atoms with Gasteiger partial charge in [-0.3, -0.25) is 4.79 Å². The van der Waals surface area contributed by atoms with Gasteiger partial charge in [-0.25, -0.2) is 4.39 Å². The molecule has 1 amide bonds. The van der Waals surface area contributed by atoms with Crippen LogP contribution in [0.2, 0.25) is 0 Å². The largest absolute Gasteiger partial charge is 0.399 e. The molecule has 4 heteroatoms. The van der Waals surface area contributed by atoms with Crippen molar-refractivity contribution in [3.8, 4) is 0 Å². The highest BCUT2D eigenvalue weighted by Gasteiger charge is 2.10. The quantitative estimate of drug-likeness (QED) is 0.835. The van der Waals surface area contributed by atoms with Crippen LogP contribution < -0.4 is 11.1 Å². The number of hydrogen-bond acceptors (Lipinski definition) is 2. The third kappa shape index (κ3) is 3.15. The fourth-order valence-corrected chi connectivity index (χ4v) is 1.85. The number of halogens is 1. The minimum absolute atomic E-state index is 0.122. The maximum absolute atomic E-state index is 13.6. The van der Waals surface area contributed by atoms with Crippen LogP contribution in [0.15, 0.2) is 42.5 Å². The third-order valence-corrected chi connectivity index (χ3v) is 3.08. The molecule has 0 aliphatic heterocycles. The SMILES string of the molecule is CC(C)c1ccc(C(=O)Nc2ccc(N)cc2F)cc1. The lowest BCUT2D eigenvalue weighted by atomic mass is 10.0. The Morgan fingerprint density at radius 2 is 1.80 bits per heavy atom. The number of nitrogens with two attached hydrogens (primary N) is 1. The van der Waals surface area contributed by atoms with Gasteiger partial charge >= 0.3 is 0 Å². The zero-order valence-corrected chi connectivity index (χ0v) is 11.5. The first-order chi connectivity index (χ1) is 9.47. The van der Waals surface area contributed by atoms with Crippen LogP contribution in [0.3, 0.4) is 0 Å². The molecule has 0 aromatic heterocycles. The zero-order chi connectivity index (χ0) is 14.7. The summed E-state index contributed by atoms with van der Waals surface area (Å²) in [4.78, 5) is 12.0. The van der Waals surface area contributed by atoms with Crippen LogP contribution in [0.25, 0.3) is 0 Å². The zero-order valence-electron chi connectivity index (χ0n) is 11.5. The van der Waals surface area contributed by atoms with Gasteiger partial charge in [0.15, 0.2) is 0 Å². The molecule has 0 aliphatic rings. The molecule has 20 heavy (non-hydrogen) atoms. The second-order valence-corrected chi connectivity index (χ2v) is 4.97. The fraction of sp³-hybridized carbons (Fsp3) is 0.188. The van der Waals surface area contributed by atoms with Crippen LogP contribution in [-0.4, -0.2) is 5.91 Å². The Kier molecular flexibility index (Phi) is 4.03. The number of carbonyl (C=O) groups excluding carboxylic acids is 1. The molecule has 0 radical (unpaired) electrons. The van der Waals surface area contributed by atoms with Crippen molar-refractivity contribution in [1.29, 1.82) is 0 Å². The first-order valence-electron chi connectivity index (χ1n) is 6.43. The normalized spacial score (nSPS) is 10.6. The minimum Gasteiger partial charge on any atom is -0.399 e. The van der Waals surface area contributed by atoms with Crippen molar-refractivity contribution in [2.45, 2.75) is 19.8 Å². The minimum atomic E-state index is -0.544. The molecule has 0 atom stereocenters. The van der Waals surface area contributed by atoms with E-state index in [1.807, 2.05) is 12.1 Å². The molecule has 2 aromatic rings. The second kappa shape index (κ2) is 5.74. The number of nitrogens with one attached hydrogen (secondary N) is 1. The monoisotopic (exact) mass is 272 g/mol. The van der Waals surface area contributed by atoms with Gasteiger partial charge in [-0.2, -0.15) is 0 Å². The maximum Gasteiger partial charge on any atom is 0.255 e. The van der Waals surface area contributed by atoms with E-state index in [9.17, 15) is 9.18 Å². The lowest BCUT2D eigenvalue weighted by Gasteiger charge is -2.09. The molecule has 0 spiro atoms. The van der Waals surface area contributed by atoms with E-state index in [-0.39, 0.29) is 11.6 Å². The Bertz CT molecular complexity index is 621. The van der Waals surface area contributed by atoms with Crippen LogP contribution >= 0.6 is 0 Å². The van der Waals surface area contributed by atoms with Gasteiger partial charge in [0.2, 0.25) is 0 Å². The highest BCUT2D eigenvalue weighted by molar-refractivity contribution is 6.04. The number of hydrogen-bond donors (Lipinski definition) is 2. The summed E-state index contributed by atoms with van der Waals surface area (Å²) in [5, 5.41) is 2.53. The van der Waals surface area contributed by atoms with Crippen LogP contribution in [0.4, 0.5) is 15.8 Å². The number of carbonyl (C=O) groups is 1. The maximum atomic E-state index is 13.6. The van der Waals surface area contributed by atoms with E-state index in [2.05, 4.69) is 19.2 Å². The van der Waals surface area contributed by atoms with E-state index in [1.165, 1.54) is 12.1 Å². The van der Waals surface area contributed by atoms with E-state index in [1.54, 1.807) is 18.2 Å². The molecule has 0 bridgehead atoms. The summed E-state index contributed by atoms with van der Waals surface area (Å²) in [6.45, 7) is 4.16. The molecule has 0 saturated heterocycles.